The number of aryl methyl sites for hydroxylation is 1. The number of rotatable bonds is 5. The Hall–Kier alpha value is -1.99. The van der Waals surface area contributed by atoms with Gasteiger partial charge in [-0.25, -0.2) is 26.3 Å². The Morgan fingerprint density at radius 2 is 1.93 bits per heavy atom. The van der Waals surface area contributed by atoms with E-state index >= 15 is 0 Å². The van der Waals surface area contributed by atoms with Crippen LogP contribution in [0, 0.1) is 0 Å². The second-order valence-corrected chi connectivity index (χ2v) is 8.14. The van der Waals surface area contributed by atoms with Gasteiger partial charge in [0.15, 0.2) is 24.1 Å². The van der Waals surface area contributed by atoms with Crippen LogP contribution >= 0.6 is 0 Å². The molecule has 1 aromatic rings. The molecule has 2 heterocycles. The number of alkyl halides is 6. The van der Waals surface area contributed by atoms with Gasteiger partial charge in [0.05, 0.1) is 11.3 Å². The van der Waals surface area contributed by atoms with Gasteiger partial charge in [0, 0.05) is 7.05 Å². The fraction of sp³-hybridized carbons (Fsp3) is 0.692. The molecule has 1 aromatic heterocycles. The normalized spacial score (nSPS) is 19.9. The van der Waals surface area contributed by atoms with Crippen molar-refractivity contribution < 1.29 is 44.3 Å². The van der Waals surface area contributed by atoms with Gasteiger partial charge in [-0.3, -0.25) is 0 Å². The Labute approximate surface area is 149 Å². The van der Waals surface area contributed by atoms with E-state index < -0.39 is 68.8 Å². The fourth-order valence-electron chi connectivity index (χ4n) is 2.26. The predicted octanol–water partition coefficient (Wildman–Crippen LogP) is 2.46. The zero-order valence-electron chi connectivity index (χ0n) is 14.2. The van der Waals surface area contributed by atoms with E-state index in [9.17, 15) is 34.8 Å². The minimum Gasteiger partial charge on any atom is -0.472 e. The zero-order chi connectivity index (χ0) is 20.8. The number of ether oxygens (including phenoxy) is 1. The lowest BCUT2D eigenvalue weighted by Crippen LogP contribution is -2.37. The van der Waals surface area contributed by atoms with E-state index in [0.717, 1.165) is 7.05 Å². The lowest BCUT2D eigenvalue weighted by atomic mass is 10.1. The third-order valence-corrected chi connectivity index (χ3v) is 5.14. The van der Waals surface area contributed by atoms with Crippen LogP contribution in [0.15, 0.2) is 5.16 Å². The molecule has 0 N–H and O–H groups in total. The summed E-state index contributed by atoms with van der Waals surface area (Å²) in [5.41, 5.74) is -4.29. The molecule has 0 aromatic carbocycles. The number of sulfone groups is 1. The van der Waals surface area contributed by atoms with Crippen molar-refractivity contribution in [2.45, 2.75) is 44.0 Å². The second-order valence-electron chi connectivity index (χ2n) is 6.20. The molecule has 0 saturated carbocycles. The maximum Gasteiger partial charge on any atom is 0.435 e. The molecular formula is C13H15F6N3O4S. The first-order valence-corrected chi connectivity index (χ1v) is 8.99. The number of nitrogens with zero attached hydrogens (tertiary/aromatic N) is 3. The van der Waals surface area contributed by atoms with Crippen LogP contribution in [0.1, 0.15) is 25.1 Å². The minimum atomic E-state index is -5.10. The molecule has 0 radical (unpaired) electrons. The SMILES string of the molecule is Cn1nc(C(F)(F)F)c(CS(=O)(=O)C2=NOC(C)(C)C2F)c1OCC(F)F. The number of aromatic nitrogens is 2. The third-order valence-electron chi connectivity index (χ3n) is 3.55. The summed E-state index contributed by atoms with van der Waals surface area (Å²) in [6, 6.07) is 0. The van der Waals surface area contributed by atoms with Gasteiger partial charge in [-0.2, -0.15) is 18.3 Å². The van der Waals surface area contributed by atoms with Gasteiger partial charge in [-0.15, -0.1) is 0 Å². The Balaban J connectivity index is 2.47. The molecule has 0 bridgehead atoms. The Morgan fingerprint density at radius 1 is 1.33 bits per heavy atom. The predicted molar refractivity (Wildman–Crippen MR) is 79.8 cm³/mol. The quantitative estimate of drug-likeness (QED) is 0.680. The highest BCUT2D eigenvalue weighted by Gasteiger charge is 2.49. The van der Waals surface area contributed by atoms with Crippen LogP contribution in [-0.2, 0) is 33.7 Å². The molecule has 1 aliphatic rings. The molecule has 0 aliphatic carbocycles. The number of halogens is 6. The summed E-state index contributed by atoms with van der Waals surface area (Å²) in [5.74, 6) is -2.23. The highest BCUT2D eigenvalue weighted by Crippen LogP contribution is 2.38. The molecule has 14 heteroatoms. The molecule has 0 spiro atoms. The molecule has 154 valence electrons. The average molecular weight is 423 g/mol. The second kappa shape index (κ2) is 6.87. The summed E-state index contributed by atoms with van der Waals surface area (Å²) in [6.45, 7) is 1.12. The molecule has 1 unspecified atom stereocenters. The van der Waals surface area contributed by atoms with Gasteiger partial charge in [-0.1, -0.05) is 5.16 Å². The Bertz CT molecular complexity index is 847. The number of oxime groups is 1. The number of hydrogen-bond donors (Lipinski definition) is 0. The molecular weight excluding hydrogens is 408 g/mol. The van der Waals surface area contributed by atoms with Crippen molar-refractivity contribution in [1.29, 1.82) is 0 Å². The first kappa shape index (κ1) is 21.3. The van der Waals surface area contributed by atoms with E-state index in [4.69, 9.17) is 0 Å². The van der Waals surface area contributed by atoms with E-state index in [0.29, 0.717) is 4.68 Å². The van der Waals surface area contributed by atoms with Crippen molar-refractivity contribution in [1.82, 2.24) is 9.78 Å². The summed E-state index contributed by atoms with van der Waals surface area (Å²) in [6.07, 6.45) is -10.3. The first-order chi connectivity index (χ1) is 12.2. The van der Waals surface area contributed by atoms with E-state index in [1.807, 2.05) is 0 Å². The van der Waals surface area contributed by atoms with Crippen molar-refractivity contribution in [2.75, 3.05) is 6.61 Å². The van der Waals surface area contributed by atoms with E-state index in [2.05, 4.69) is 19.8 Å². The summed E-state index contributed by atoms with van der Waals surface area (Å²) in [5, 5.41) is 5.14. The van der Waals surface area contributed by atoms with E-state index in [1.165, 1.54) is 13.8 Å². The van der Waals surface area contributed by atoms with E-state index in [1.54, 1.807) is 0 Å². The van der Waals surface area contributed by atoms with Gasteiger partial charge < -0.3 is 9.57 Å². The number of hydrogen-bond acceptors (Lipinski definition) is 6. The summed E-state index contributed by atoms with van der Waals surface area (Å²) >= 11 is 0. The average Bonchev–Trinajstić information content (AvgIpc) is 2.94. The molecule has 1 aliphatic heterocycles. The van der Waals surface area contributed by atoms with Crippen molar-refractivity contribution in [3.63, 3.8) is 0 Å². The molecule has 2 rings (SSSR count). The smallest absolute Gasteiger partial charge is 0.435 e. The van der Waals surface area contributed by atoms with Gasteiger partial charge >= 0.3 is 6.18 Å². The van der Waals surface area contributed by atoms with Crippen LogP contribution in [0.4, 0.5) is 26.3 Å². The Morgan fingerprint density at radius 3 is 2.37 bits per heavy atom. The molecule has 0 fully saturated rings. The van der Waals surface area contributed by atoms with E-state index in [-0.39, 0.29) is 0 Å². The van der Waals surface area contributed by atoms with Crippen molar-refractivity contribution in [3.8, 4) is 5.88 Å². The van der Waals surface area contributed by atoms with Crippen molar-refractivity contribution in [2.24, 2.45) is 12.2 Å². The summed E-state index contributed by atoms with van der Waals surface area (Å²) in [4.78, 5) is 4.66. The Kier molecular flexibility index (Phi) is 5.42. The topological polar surface area (TPSA) is 82.8 Å². The molecule has 7 nitrogen and oxygen atoms in total. The van der Waals surface area contributed by atoms with Gasteiger partial charge in [0.25, 0.3) is 6.43 Å². The highest BCUT2D eigenvalue weighted by atomic mass is 32.2. The zero-order valence-corrected chi connectivity index (χ0v) is 15.0. The van der Waals surface area contributed by atoms with Crippen LogP contribution in [0.25, 0.3) is 0 Å². The van der Waals surface area contributed by atoms with Gasteiger partial charge in [0.2, 0.25) is 20.8 Å². The summed E-state index contributed by atoms with van der Waals surface area (Å²) < 4.78 is 108. The third kappa shape index (κ3) is 4.30. The van der Waals surface area contributed by atoms with Crippen LogP contribution in [0.2, 0.25) is 0 Å². The van der Waals surface area contributed by atoms with Crippen molar-refractivity contribution >= 4 is 14.9 Å². The lowest BCUT2D eigenvalue weighted by Gasteiger charge is -2.18. The van der Waals surface area contributed by atoms with Crippen LogP contribution in [0.3, 0.4) is 0 Å². The van der Waals surface area contributed by atoms with Crippen LogP contribution in [-0.4, -0.2) is 48.0 Å². The van der Waals surface area contributed by atoms with Gasteiger partial charge in [0.1, 0.15) is 0 Å². The standard InChI is InChI=1S/C13H15F6N3O4S/c1-12(2)8(16)10(21-26-12)27(23,24)5-6-9(13(17,18)19)20-22(3)11(6)25-4-7(14)15/h7-8H,4-5H2,1-3H3. The lowest BCUT2D eigenvalue weighted by molar-refractivity contribution is -0.141. The molecule has 0 saturated heterocycles. The maximum absolute atomic E-state index is 14.2. The van der Waals surface area contributed by atoms with Crippen LogP contribution < -0.4 is 4.74 Å². The van der Waals surface area contributed by atoms with Crippen LogP contribution in [0.5, 0.6) is 5.88 Å². The molecule has 27 heavy (non-hydrogen) atoms. The maximum atomic E-state index is 14.2. The van der Waals surface area contributed by atoms with Crippen molar-refractivity contribution in [3.05, 3.63) is 11.3 Å². The minimum absolute atomic E-state index is 0.486. The highest BCUT2D eigenvalue weighted by molar-refractivity contribution is 8.05. The van der Waals surface area contributed by atoms with Gasteiger partial charge in [-0.05, 0) is 13.8 Å². The largest absolute Gasteiger partial charge is 0.472 e. The monoisotopic (exact) mass is 423 g/mol. The molecule has 1 atom stereocenters. The summed E-state index contributed by atoms with van der Waals surface area (Å²) in [7, 11) is -3.77. The first-order valence-electron chi connectivity index (χ1n) is 7.33. The molecule has 0 amide bonds. The fourth-order valence-corrected chi connectivity index (χ4v) is 3.80.